The Balaban J connectivity index is 2.22. The summed E-state index contributed by atoms with van der Waals surface area (Å²) in [5.41, 5.74) is 4.37. The van der Waals surface area contributed by atoms with Gasteiger partial charge in [0.15, 0.2) is 5.75 Å². The Kier molecular flexibility index (Phi) is 3.84. The molecule has 0 fully saturated rings. The molecule has 1 N–H and O–H groups in total. The molecule has 0 bridgehead atoms. The van der Waals surface area contributed by atoms with Crippen LogP contribution in [0.4, 0.5) is 5.69 Å². The zero-order chi connectivity index (χ0) is 17.4. The van der Waals surface area contributed by atoms with E-state index >= 15 is 0 Å². The Morgan fingerprint density at radius 2 is 1.79 bits per heavy atom. The summed E-state index contributed by atoms with van der Waals surface area (Å²) < 4.78 is 10.3. The van der Waals surface area contributed by atoms with Crippen LogP contribution in [0.2, 0.25) is 0 Å². The van der Waals surface area contributed by atoms with Crippen LogP contribution in [-0.2, 0) is 0 Å². The van der Waals surface area contributed by atoms with Crippen LogP contribution in [0.5, 0.6) is 11.5 Å². The number of methoxy groups -OCH3 is 2. The first kappa shape index (κ1) is 15.8. The lowest BCUT2D eigenvalue weighted by molar-refractivity contribution is -0.385. The second-order valence-corrected chi connectivity index (χ2v) is 5.53. The quantitative estimate of drug-likeness (QED) is 0.582. The van der Waals surface area contributed by atoms with Crippen LogP contribution in [0.1, 0.15) is 11.1 Å². The number of fused-ring (bicyclic) bond motifs is 1. The van der Waals surface area contributed by atoms with Crippen molar-refractivity contribution in [2.75, 3.05) is 14.2 Å². The summed E-state index contributed by atoms with van der Waals surface area (Å²) in [6.45, 7) is 4.04. The fourth-order valence-electron chi connectivity index (χ4n) is 2.62. The average Bonchev–Trinajstić information content (AvgIpc) is 2.96. The third kappa shape index (κ3) is 2.54. The lowest BCUT2D eigenvalue weighted by Crippen LogP contribution is -1.98. The molecule has 0 amide bonds. The number of imidazole rings is 1. The molecular formula is C17H17N3O4. The Hall–Kier alpha value is -3.09. The Bertz CT molecular complexity index is 908. The summed E-state index contributed by atoms with van der Waals surface area (Å²) >= 11 is 0. The van der Waals surface area contributed by atoms with Crippen molar-refractivity contribution in [3.63, 3.8) is 0 Å². The highest BCUT2D eigenvalue weighted by Crippen LogP contribution is 2.40. The predicted molar refractivity (Wildman–Crippen MR) is 90.8 cm³/mol. The Labute approximate surface area is 138 Å². The van der Waals surface area contributed by atoms with Gasteiger partial charge < -0.3 is 14.5 Å². The van der Waals surface area contributed by atoms with Crippen molar-refractivity contribution in [3.05, 3.63) is 45.5 Å². The smallest absolute Gasteiger partial charge is 0.315 e. The standard InChI is InChI=1S/C17H17N3O4/c1-9-5-12-13(6-10(9)2)19-17(18-12)11-7-14(20(21)22)16(24-4)15(8-11)23-3/h5-8H,1-4H3,(H,18,19). The molecule has 2 aromatic carbocycles. The fraction of sp³-hybridized carbons (Fsp3) is 0.235. The van der Waals surface area contributed by atoms with Gasteiger partial charge in [0.1, 0.15) is 5.82 Å². The summed E-state index contributed by atoms with van der Waals surface area (Å²) in [4.78, 5) is 18.6. The summed E-state index contributed by atoms with van der Waals surface area (Å²) in [6, 6.07) is 7.10. The predicted octanol–water partition coefficient (Wildman–Crippen LogP) is 3.77. The number of nitro groups is 1. The van der Waals surface area contributed by atoms with Crippen molar-refractivity contribution >= 4 is 16.7 Å². The molecule has 1 heterocycles. The molecule has 0 saturated heterocycles. The largest absolute Gasteiger partial charge is 0.493 e. The summed E-state index contributed by atoms with van der Waals surface area (Å²) in [5, 5.41) is 11.3. The van der Waals surface area contributed by atoms with Crippen LogP contribution in [0, 0.1) is 24.0 Å². The second-order valence-electron chi connectivity index (χ2n) is 5.53. The number of aromatic nitrogens is 2. The van der Waals surface area contributed by atoms with Gasteiger partial charge in [-0.25, -0.2) is 4.98 Å². The number of hydrogen-bond acceptors (Lipinski definition) is 5. The molecule has 0 spiro atoms. The number of nitrogens with zero attached hydrogens (tertiary/aromatic N) is 2. The van der Waals surface area contributed by atoms with Gasteiger partial charge in [0, 0.05) is 11.6 Å². The molecule has 3 rings (SSSR count). The van der Waals surface area contributed by atoms with E-state index in [1.165, 1.54) is 20.3 Å². The van der Waals surface area contributed by atoms with Crippen LogP contribution in [-0.4, -0.2) is 29.1 Å². The van der Waals surface area contributed by atoms with Crippen molar-refractivity contribution in [1.82, 2.24) is 9.97 Å². The van der Waals surface area contributed by atoms with Gasteiger partial charge in [-0.1, -0.05) is 0 Å². The fourth-order valence-corrected chi connectivity index (χ4v) is 2.62. The Morgan fingerprint density at radius 3 is 2.42 bits per heavy atom. The van der Waals surface area contributed by atoms with E-state index in [1.54, 1.807) is 6.07 Å². The Morgan fingerprint density at radius 1 is 1.08 bits per heavy atom. The highest BCUT2D eigenvalue weighted by Gasteiger charge is 2.23. The van der Waals surface area contributed by atoms with Gasteiger partial charge in [-0.3, -0.25) is 10.1 Å². The van der Waals surface area contributed by atoms with Crippen LogP contribution < -0.4 is 9.47 Å². The van der Waals surface area contributed by atoms with E-state index in [4.69, 9.17) is 9.47 Å². The molecule has 3 aromatic rings. The number of benzene rings is 2. The van der Waals surface area contributed by atoms with Crippen LogP contribution >= 0.6 is 0 Å². The van der Waals surface area contributed by atoms with Crippen molar-refractivity contribution in [1.29, 1.82) is 0 Å². The summed E-state index contributed by atoms with van der Waals surface area (Å²) in [7, 11) is 2.81. The minimum absolute atomic E-state index is 0.0917. The monoisotopic (exact) mass is 327 g/mol. The lowest BCUT2D eigenvalue weighted by atomic mass is 10.1. The van der Waals surface area contributed by atoms with Gasteiger partial charge in [-0.2, -0.15) is 0 Å². The first-order chi connectivity index (χ1) is 11.4. The van der Waals surface area contributed by atoms with Gasteiger partial charge in [0.2, 0.25) is 5.75 Å². The minimum Gasteiger partial charge on any atom is -0.493 e. The van der Waals surface area contributed by atoms with E-state index < -0.39 is 4.92 Å². The first-order valence-electron chi connectivity index (χ1n) is 7.32. The number of ether oxygens (including phenoxy) is 2. The highest BCUT2D eigenvalue weighted by atomic mass is 16.6. The van der Waals surface area contributed by atoms with Gasteiger partial charge in [-0.15, -0.1) is 0 Å². The van der Waals surface area contributed by atoms with E-state index in [-0.39, 0.29) is 17.2 Å². The van der Waals surface area contributed by atoms with Gasteiger partial charge >= 0.3 is 5.69 Å². The molecule has 0 aliphatic carbocycles. The molecule has 0 saturated carbocycles. The zero-order valence-electron chi connectivity index (χ0n) is 13.8. The van der Waals surface area contributed by atoms with E-state index in [1.807, 2.05) is 26.0 Å². The van der Waals surface area contributed by atoms with Crippen LogP contribution in [0.3, 0.4) is 0 Å². The molecule has 1 aromatic heterocycles. The summed E-state index contributed by atoms with van der Waals surface area (Å²) in [5.74, 6) is 0.919. The zero-order valence-corrected chi connectivity index (χ0v) is 13.8. The normalized spacial score (nSPS) is 10.8. The van der Waals surface area contributed by atoms with E-state index in [0.717, 1.165) is 22.2 Å². The number of aryl methyl sites for hydroxylation is 2. The maximum absolute atomic E-state index is 11.3. The molecule has 0 unspecified atom stereocenters. The summed E-state index contributed by atoms with van der Waals surface area (Å²) in [6.07, 6.45) is 0. The van der Waals surface area contributed by atoms with E-state index in [9.17, 15) is 10.1 Å². The minimum atomic E-state index is -0.498. The average molecular weight is 327 g/mol. The third-order valence-corrected chi connectivity index (χ3v) is 4.03. The molecule has 7 nitrogen and oxygen atoms in total. The van der Waals surface area contributed by atoms with Gasteiger partial charge in [0.05, 0.1) is 30.2 Å². The molecular weight excluding hydrogens is 310 g/mol. The number of rotatable bonds is 4. The molecule has 0 aliphatic heterocycles. The van der Waals surface area contributed by atoms with Crippen LogP contribution in [0.25, 0.3) is 22.4 Å². The number of nitro benzene ring substituents is 1. The van der Waals surface area contributed by atoms with E-state index in [0.29, 0.717) is 11.4 Å². The number of nitrogens with one attached hydrogen (secondary N) is 1. The molecule has 7 heteroatoms. The van der Waals surface area contributed by atoms with E-state index in [2.05, 4.69) is 9.97 Å². The maximum atomic E-state index is 11.3. The van der Waals surface area contributed by atoms with Crippen molar-refractivity contribution in [2.24, 2.45) is 0 Å². The van der Waals surface area contributed by atoms with Gasteiger partial charge in [-0.05, 0) is 43.2 Å². The van der Waals surface area contributed by atoms with Crippen molar-refractivity contribution < 1.29 is 14.4 Å². The molecule has 0 radical (unpaired) electrons. The number of aromatic amines is 1. The SMILES string of the molecule is COc1cc(-c2nc3cc(C)c(C)cc3[nH]2)cc([N+](=O)[O-])c1OC. The maximum Gasteiger partial charge on any atom is 0.315 e. The first-order valence-corrected chi connectivity index (χ1v) is 7.32. The van der Waals surface area contributed by atoms with Crippen molar-refractivity contribution in [2.45, 2.75) is 13.8 Å². The molecule has 124 valence electrons. The van der Waals surface area contributed by atoms with Gasteiger partial charge in [0.25, 0.3) is 0 Å². The number of hydrogen-bond donors (Lipinski definition) is 1. The molecule has 24 heavy (non-hydrogen) atoms. The number of H-pyrrole nitrogens is 1. The topological polar surface area (TPSA) is 90.3 Å². The lowest BCUT2D eigenvalue weighted by Gasteiger charge is -2.09. The second kappa shape index (κ2) is 5.84. The molecule has 0 atom stereocenters. The van der Waals surface area contributed by atoms with Crippen molar-refractivity contribution in [3.8, 4) is 22.9 Å². The highest BCUT2D eigenvalue weighted by molar-refractivity contribution is 5.82. The molecule has 0 aliphatic rings. The van der Waals surface area contributed by atoms with Crippen LogP contribution in [0.15, 0.2) is 24.3 Å². The third-order valence-electron chi connectivity index (χ3n) is 4.03.